The minimum absolute atomic E-state index is 0.152. The summed E-state index contributed by atoms with van der Waals surface area (Å²) in [4.78, 5) is 21.2. The number of hydrogen-bond acceptors (Lipinski definition) is 4. The van der Waals surface area contributed by atoms with E-state index < -0.39 is 16.8 Å². The molecule has 0 saturated heterocycles. The number of nitro groups is 1. The molecule has 0 saturated carbocycles. The van der Waals surface area contributed by atoms with Gasteiger partial charge in [-0.2, -0.15) is 0 Å². The lowest BCUT2D eigenvalue weighted by Crippen LogP contribution is -2.19. The molecule has 1 unspecified atom stereocenters. The quantitative estimate of drug-likeness (QED) is 0.474. The number of nitro benzene ring substituents is 1. The first kappa shape index (κ1) is 13.0. The van der Waals surface area contributed by atoms with E-state index in [-0.39, 0.29) is 17.3 Å². The van der Waals surface area contributed by atoms with E-state index >= 15 is 0 Å². The molecule has 0 aliphatic rings. The lowest BCUT2D eigenvalue weighted by molar-refractivity contribution is -0.384. The smallest absolute Gasteiger partial charge is 0.311 e. The average Bonchev–Trinajstić information content (AvgIpc) is 2.19. The molecular formula is C11H14N2O4. The summed E-state index contributed by atoms with van der Waals surface area (Å²) >= 11 is 0. The van der Waals surface area contributed by atoms with Gasteiger partial charge in [0.2, 0.25) is 0 Å². The van der Waals surface area contributed by atoms with Gasteiger partial charge in [0.05, 0.1) is 10.8 Å². The number of nitrogen functional groups attached to an aromatic ring is 1. The van der Waals surface area contributed by atoms with E-state index in [4.69, 9.17) is 10.8 Å². The predicted molar refractivity (Wildman–Crippen MR) is 62.7 cm³/mol. The fourth-order valence-corrected chi connectivity index (χ4v) is 1.72. The molecule has 0 aliphatic heterocycles. The Bertz CT molecular complexity index is 457. The Hall–Kier alpha value is -2.11. The van der Waals surface area contributed by atoms with Gasteiger partial charge in [0, 0.05) is 17.8 Å². The molecule has 1 aromatic carbocycles. The van der Waals surface area contributed by atoms with E-state index in [1.165, 1.54) is 18.2 Å². The van der Waals surface area contributed by atoms with Crippen molar-refractivity contribution >= 4 is 17.3 Å². The molecule has 3 N–H and O–H groups in total. The summed E-state index contributed by atoms with van der Waals surface area (Å²) in [6, 6.07) is 3.86. The monoisotopic (exact) mass is 238 g/mol. The third kappa shape index (κ3) is 2.72. The Kier molecular flexibility index (Phi) is 3.67. The summed E-state index contributed by atoms with van der Waals surface area (Å²) in [7, 11) is 0. The minimum Gasteiger partial charge on any atom is -0.481 e. The van der Waals surface area contributed by atoms with Gasteiger partial charge >= 0.3 is 5.97 Å². The predicted octanol–water partition coefficient (Wildman–Crippen LogP) is 2.00. The highest BCUT2D eigenvalue weighted by atomic mass is 16.6. The van der Waals surface area contributed by atoms with E-state index in [9.17, 15) is 14.9 Å². The van der Waals surface area contributed by atoms with E-state index in [1.54, 1.807) is 13.8 Å². The van der Waals surface area contributed by atoms with Crippen LogP contribution in [0.3, 0.4) is 0 Å². The van der Waals surface area contributed by atoms with E-state index in [1.807, 2.05) is 0 Å². The first-order valence-corrected chi connectivity index (χ1v) is 5.11. The molecule has 0 aromatic heterocycles. The lowest BCUT2D eigenvalue weighted by Gasteiger charge is -2.18. The number of nitrogens with zero attached hydrogens (tertiary/aromatic N) is 1. The van der Waals surface area contributed by atoms with Crippen LogP contribution in [0.5, 0.6) is 0 Å². The molecule has 17 heavy (non-hydrogen) atoms. The molecule has 0 fully saturated rings. The van der Waals surface area contributed by atoms with Crippen LogP contribution in [-0.4, -0.2) is 16.0 Å². The maximum atomic E-state index is 11.1. The van der Waals surface area contributed by atoms with Gasteiger partial charge in [0.1, 0.15) is 0 Å². The molecule has 1 aromatic rings. The molecule has 0 amide bonds. The third-order valence-corrected chi connectivity index (χ3v) is 2.55. The van der Waals surface area contributed by atoms with Crippen LogP contribution in [0.4, 0.5) is 11.4 Å². The van der Waals surface area contributed by atoms with Crippen LogP contribution in [-0.2, 0) is 4.79 Å². The first-order chi connectivity index (χ1) is 7.84. The summed E-state index contributed by atoms with van der Waals surface area (Å²) in [5, 5.41) is 19.8. The topological polar surface area (TPSA) is 106 Å². The van der Waals surface area contributed by atoms with Crippen LogP contribution in [0, 0.1) is 16.0 Å². The number of rotatable bonds is 4. The molecule has 0 heterocycles. The van der Waals surface area contributed by atoms with Crippen LogP contribution in [0.15, 0.2) is 18.2 Å². The Balaban J connectivity index is 3.31. The zero-order chi connectivity index (χ0) is 13.2. The highest BCUT2D eigenvalue weighted by Gasteiger charge is 2.27. The second kappa shape index (κ2) is 4.82. The zero-order valence-corrected chi connectivity index (χ0v) is 9.58. The molecule has 6 heteroatoms. The molecule has 1 rings (SSSR count). The fraction of sp³-hybridized carbons (Fsp3) is 0.364. The van der Waals surface area contributed by atoms with Crippen LogP contribution in [0.2, 0.25) is 0 Å². The SMILES string of the molecule is CC(C)C(C(=O)O)c1cc([N+](=O)[O-])ccc1N. The standard InChI is InChI=1S/C11H14N2O4/c1-6(2)10(11(14)15)8-5-7(13(16)17)3-4-9(8)12/h3-6,10H,12H2,1-2H3,(H,14,15). The van der Waals surface area contributed by atoms with E-state index in [0.29, 0.717) is 5.56 Å². The number of carboxylic acids is 1. The normalized spacial score (nSPS) is 12.4. The van der Waals surface area contributed by atoms with E-state index in [2.05, 4.69) is 0 Å². The van der Waals surface area contributed by atoms with Gasteiger partial charge in [-0.15, -0.1) is 0 Å². The number of anilines is 1. The maximum Gasteiger partial charge on any atom is 0.311 e. The van der Waals surface area contributed by atoms with E-state index in [0.717, 1.165) is 0 Å². The summed E-state index contributed by atoms with van der Waals surface area (Å²) in [6.07, 6.45) is 0. The van der Waals surface area contributed by atoms with Crippen molar-refractivity contribution in [2.45, 2.75) is 19.8 Å². The summed E-state index contributed by atoms with van der Waals surface area (Å²) in [6.45, 7) is 3.47. The minimum atomic E-state index is -1.04. The highest BCUT2D eigenvalue weighted by molar-refractivity contribution is 5.79. The first-order valence-electron chi connectivity index (χ1n) is 5.11. The second-order valence-corrected chi connectivity index (χ2v) is 4.13. The van der Waals surface area contributed by atoms with Crippen molar-refractivity contribution in [2.24, 2.45) is 5.92 Å². The molecule has 0 spiro atoms. The highest BCUT2D eigenvalue weighted by Crippen LogP contribution is 2.31. The van der Waals surface area contributed by atoms with Crippen molar-refractivity contribution in [3.05, 3.63) is 33.9 Å². The van der Waals surface area contributed by atoms with Crippen LogP contribution in [0.1, 0.15) is 25.3 Å². The van der Waals surface area contributed by atoms with Gasteiger partial charge in [-0.3, -0.25) is 14.9 Å². The number of aliphatic carboxylic acids is 1. The van der Waals surface area contributed by atoms with Crippen LogP contribution >= 0.6 is 0 Å². The van der Waals surface area contributed by atoms with Gasteiger partial charge in [-0.05, 0) is 17.5 Å². The number of non-ortho nitro benzene ring substituents is 1. The van der Waals surface area contributed by atoms with Gasteiger partial charge < -0.3 is 10.8 Å². The van der Waals surface area contributed by atoms with Crippen molar-refractivity contribution in [1.82, 2.24) is 0 Å². The molecule has 1 atom stereocenters. The Morgan fingerprint density at radius 3 is 2.47 bits per heavy atom. The molecule has 92 valence electrons. The van der Waals surface area contributed by atoms with Crippen LogP contribution < -0.4 is 5.73 Å². The fourth-order valence-electron chi connectivity index (χ4n) is 1.72. The van der Waals surface area contributed by atoms with Crippen LogP contribution in [0.25, 0.3) is 0 Å². The Labute approximate surface area is 98.2 Å². The molecule has 0 aliphatic carbocycles. The molecule has 0 radical (unpaired) electrons. The largest absolute Gasteiger partial charge is 0.481 e. The molecular weight excluding hydrogens is 224 g/mol. The van der Waals surface area contributed by atoms with Crippen molar-refractivity contribution < 1.29 is 14.8 Å². The summed E-state index contributed by atoms with van der Waals surface area (Å²) in [5.74, 6) is -2.07. The number of carboxylic acid groups (broad SMARTS) is 1. The van der Waals surface area contributed by atoms with Crippen molar-refractivity contribution in [2.75, 3.05) is 5.73 Å². The third-order valence-electron chi connectivity index (χ3n) is 2.55. The zero-order valence-electron chi connectivity index (χ0n) is 9.58. The summed E-state index contributed by atoms with van der Waals surface area (Å²) < 4.78 is 0. The number of carbonyl (C=O) groups is 1. The van der Waals surface area contributed by atoms with Crippen molar-refractivity contribution in [3.8, 4) is 0 Å². The van der Waals surface area contributed by atoms with Crippen molar-refractivity contribution in [1.29, 1.82) is 0 Å². The van der Waals surface area contributed by atoms with Gasteiger partial charge in [-0.25, -0.2) is 0 Å². The Morgan fingerprint density at radius 1 is 1.47 bits per heavy atom. The number of nitrogens with two attached hydrogens (primary N) is 1. The summed E-state index contributed by atoms with van der Waals surface area (Å²) in [5.41, 5.74) is 6.08. The molecule has 0 bridgehead atoms. The van der Waals surface area contributed by atoms with Crippen molar-refractivity contribution in [3.63, 3.8) is 0 Å². The lowest BCUT2D eigenvalue weighted by atomic mass is 9.87. The van der Waals surface area contributed by atoms with Gasteiger partial charge in [0.25, 0.3) is 5.69 Å². The van der Waals surface area contributed by atoms with Gasteiger partial charge in [-0.1, -0.05) is 13.8 Å². The maximum absolute atomic E-state index is 11.1. The number of benzene rings is 1. The molecule has 6 nitrogen and oxygen atoms in total. The number of hydrogen-bond donors (Lipinski definition) is 2. The second-order valence-electron chi connectivity index (χ2n) is 4.13. The Morgan fingerprint density at radius 2 is 2.06 bits per heavy atom. The van der Waals surface area contributed by atoms with Gasteiger partial charge in [0.15, 0.2) is 0 Å². The average molecular weight is 238 g/mol.